The van der Waals surface area contributed by atoms with E-state index in [1.807, 2.05) is 32.0 Å². The first-order valence-corrected chi connectivity index (χ1v) is 9.74. The summed E-state index contributed by atoms with van der Waals surface area (Å²) in [5.74, 6) is 1.27. The first-order chi connectivity index (χ1) is 13.0. The van der Waals surface area contributed by atoms with Crippen LogP contribution in [0.25, 0.3) is 0 Å². The molecule has 8 heteroatoms. The molecule has 1 aromatic carbocycles. The molecular weight excluding hydrogens is 368 g/mol. The fourth-order valence-corrected chi connectivity index (χ4v) is 3.12. The number of nitrogens with one attached hydrogen (secondary N) is 1. The van der Waals surface area contributed by atoms with Gasteiger partial charge in [-0.25, -0.2) is 4.79 Å². The van der Waals surface area contributed by atoms with E-state index in [9.17, 15) is 4.79 Å². The van der Waals surface area contributed by atoms with Crippen molar-refractivity contribution in [2.24, 2.45) is 10.7 Å². The highest BCUT2D eigenvalue weighted by molar-refractivity contribution is 6.30. The molecule has 1 aliphatic heterocycles. The van der Waals surface area contributed by atoms with E-state index in [1.54, 1.807) is 4.90 Å². The average molecular weight is 397 g/mol. The molecule has 0 saturated carbocycles. The minimum Gasteiger partial charge on any atom is -0.493 e. The third-order valence-corrected chi connectivity index (χ3v) is 4.59. The molecule has 0 radical (unpaired) electrons. The number of likely N-dealkylation sites (tertiary alicyclic amines) is 1. The van der Waals surface area contributed by atoms with Gasteiger partial charge in [0.25, 0.3) is 0 Å². The second-order valence-corrected chi connectivity index (χ2v) is 6.92. The van der Waals surface area contributed by atoms with Gasteiger partial charge in [0.2, 0.25) is 0 Å². The van der Waals surface area contributed by atoms with Crippen LogP contribution in [-0.4, -0.2) is 55.8 Å². The van der Waals surface area contributed by atoms with E-state index >= 15 is 0 Å². The standard InChI is InChI=1S/C19H29ClN4O3/c1-3-26-19(25)24-10-7-16(8-11-24)23-18(21)22-9-4-12-27-17-6-5-15(20)13-14(17)2/h5-6,13,16H,3-4,7-12H2,1-2H3,(H3,21,22,23). The lowest BCUT2D eigenvalue weighted by atomic mass is 10.1. The van der Waals surface area contributed by atoms with E-state index in [-0.39, 0.29) is 12.1 Å². The van der Waals surface area contributed by atoms with Gasteiger partial charge >= 0.3 is 6.09 Å². The van der Waals surface area contributed by atoms with Crippen molar-refractivity contribution in [3.05, 3.63) is 28.8 Å². The Hall–Kier alpha value is -2.15. The molecule has 1 aliphatic rings. The van der Waals surface area contributed by atoms with Crippen LogP contribution in [0.3, 0.4) is 0 Å². The van der Waals surface area contributed by atoms with Crippen molar-refractivity contribution in [3.63, 3.8) is 0 Å². The summed E-state index contributed by atoms with van der Waals surface area (Å²) in [5.41, 5.74) is 6.97. The van der Waals surface area contributed by atoms with Gasteiger partial charge in [-0.3, -0.25) is 4.99 Å². The number of amides is 1. The van der Waals surface area contributed by atoms with Crippen LogP contribution in [0.2, 0.25) is 5.02 Å². The Labute approximate surface area is 165 Å². The van der Waals surface area contributed by atoms with Gasteiger partial charge in [0.1, 0.15) is 5.75 Å². The van der Waals surface area contributed by atoms with Gasteiger partial charge in [0.15, 0.2) is 5.96 Å². The van der Waals surface area contributed by atoms with Gasteiger partial charge in [-0.2, -0.15) is 0 Å². The van der Waals surface area contributed by atoms with Crippen LogP contribution in [0.15, 0.2) is 23.2 Å². The van der Waals surface area contributed by atoms with E-state index in [1.165, 1.54) is 0 Å². The zero-order valence-corrected chi connectivity index (χ0v) is 16.8. The minimum atomic E-state index is -0.242. The van der Waals surface area contributed by atoms with Crippen molar-refractivity contribution in [1.29, 1.82) is 0 Å². The maximum Gasteiger partial charge on any atom is 0.409 e. The fraction of sp³-hybridized carbons (Fsp3) is 0.579. The summed E-state index contributed by atoms with van der Waals surface area (Å²) in [6.45, 7) is 6.66. The maximum atomic E-state index is 11.7. The van der Waals surface area contributed by atoms with E-state index < -0.39 is 0 Å². The molecule has 27 heavy (non-hydrogen) atoms. The molecule has 0 atom stereocenters. The van der Waals surface area contributed by atoms with Crippen LogP contribution in [-0.2, 0) is 4.74 Å². The fourth-order valence-electron chi connectivity index (χ4n) is 2.90. The lowest BCUT2D eigenvalue weighted by molar-refractivity contribution is 0.0963. The second kappa shape index (κ2) is 10.9. The molecule has 1 saturated heterocycles. The van der Waals surface area contributed by atoms with Crippen molar-refractivity contribution in [3.8, 4) is 5.75 Å². The average Bonchev–Trinajstić information content (AvgIpc) is 2.64. The molecule has 1 fully saturated rings. The van der Waals surface area contributed by atoms with E-state index in [4.69, 9.17) is 26.8 Å². The molecule has 0 unspecified atom stereocenters. The van der Waals surface area contributed by atoms with Crippen LogP contribution in [0.1, 0.15) is 31.7 Å². The van der Waals surface area contributed by atoms with Crippen molar-refractivity contribution in [2.75, 3.05) is 32.8 Å². The van der Waals surface area contributed by atoms with Crippen LogP contribution < -0.4 is 15.8 Å². The molecule has 0 bridgehead atoms. The summed E-state index contributed by atoms with van der Waals surface area (Å²) >= 11 is 5.93. The summed E-state index contributed by atoms with van der Waals surface area (Å²) < 4.78 is 10.8. The number of nitrogens with two attached hydrogens (primary N) is 1. The van der Waals surface area contributed by atoms with Crippen LogP contribution in [0.5, 0.6) is 5.75 Å². The SMILES string of the molecule is CCOC(=O)N1CCC(NC(N)=NCCCOc2ccc(Cl)cc2C)CC1. The number of hydrogen-bond acceptors (Lipinski definition) is 4. The van der Waals surface area contributed by atoms with Gasteiger partial charge in [0, 0.05) is 37.1 Å². The Balaban J connectivity index is 1.63. The Morgan fingerprint density at radius 1 is 1.41 bits per heavy atom. The number of guanidine groups is 1. The van der Waals surface area contributed by atoms with Crippen molar-refractivity contribution in [2.45, 2.75) is 39.2 Å². The van der Waals surface area contributed by atoms with Gasteiger partial charge < -0.3 is 25.4 Å². The largest absolute Gasteiger partial charge is 0.493 e. The summed E-state index contributed by atoms with van der Waals surface area (Å²) in [4.78, 5) is 17.8. The van der Waals surface area contributed by atoms with E-state index in [0.717, 1.165) is 30.6 Å². The quantitative estimate of drug-likeness (QED) is 0.420. The van der Waals surface area contributed by atoms with Gasteiger partial charge in [-0.05, 0) is 50.5 Å². The smallest absolute Gasteiger partial charge is 0.409 e. The number of piperidine rings is 1. The summed E-state index contributed by atoms with van der Waals surface area (Å²) in [6.07, 6.45) is 2.18. The molecule has 0 aromatic heterocycles. The van der Waals surface area contributed by atoms with Gasteiger partial charge in [0.05, 0.1) is 13.2 Å². The second-order valence-electron chi connectivity index (χ2n) is 6.48. The van der Waals surface area contributed by atoms with Crippen molar-refractivity contribution < 1.29 is 14.3 Å². The number of ether oxygens (including phenoxy) is 2. The first-order valence-electron chi connectivity index (χ1n) is 9.36. The monoisotopic (exact) mass is 396 g/mol. The Morgan fingerprint density at radius 3 is 2.81 bits per heavy atom. The number of aryl methyl sites for hydroxylation is 1. The number of halogens is 1. The first kappa shape index (κ1) is 21.2. The molecule has 150 valence electrons. The Morgan fingerprint density at radius 2 is 2.15 bits per heavy atom. The molecular formula is C19H29ClN4O3. The number of benzene rings is 1. The number of rotatable bonds is 7. The number of carbonyl (C=O) groups is 1. The summed E-state index contributed by atoms with van der Waals surface area (Å²) in [5, 5.41) is 3.93. The molecule has 1 heterocycles. The highest BCUT2D eigenvalue weighted by Crippen LogP contribution is 2.21. The Bertz CT molecular complexity index is 646. The Kier molecular flexibility index (Phi) is 8.51. The number of aliphatic imine (C=N–C) groups is 1. The molecule has 1 amide bonds. The molecule has 7 nitrogen and oxygen atoms in total. The topological polar surface area (TPSA) is 89.2 Å². The molecule has 3 N–H and O–H groups in total. The molecule has 0 aliphatic carbocycles. The maximum absolute atomic E-state index is 11.7. The predicted molar refractivity (Wildman–Crippen MR) is 108 cm³/mol. The predicted octanol–water partition coefficient (Wildman–Crippen LogP) is 2.94. The van der Waals surface area contributed by atoms with Crippen molar-refractivity contribution in [1.82, 2.24) is 10.2 Å². The number of hydrogen-bond donors (Lipinski definition) is 2. The lowest BCUT2D eigenvalue weighted by Gasteiger charge is -2.31. The zero-order chi connectivity index (χ0) is 19.6. The summed E-state index contributed by atoms with van der Waals surface area (Å²) in [6, 6.07) is 5.80. The van der Waals surface area contributed by atoms with Crippen LogP contribution in [0, 0.1) is 6.92 Å². The van der Waals surface area contributed by atoms with E-state index in [0.29, 0.717) is 43.8 Å². The van der Waals surface area contributed by atoms with Gasteiger partial charge in [-0.1, -0.05) is 11.6 Å². The minimum absolute atomic E-state index is 0.229. The highest BCUT2D eigenvalue weighted by Gasteiger charge is 2.23. The van der Waals surface area contributed by atoms with E-state index in [2.05, 4.69) is 10.3 Å². The molecule has 0 spiro atoms. The summed E-state index contributed by atoms with van der Waals surface area (Å²) in [7, 11) is 0. The molecule has 2 rings (SSSR count). The van der Waals surface area contributed by atoms with Crippen LogP contribution in [0.4, 0.5) is 4.79 Å². The zero-order valence-electron chi connectivity index (χ0n) is 16.0. The highest BCUT2D eigenvalue weighted by atomic mass is 35.5. The third kappa shape index (κ3) is 7.17. The third-order valence-electron chi connectivity index (χ3n) is 4.35. The lowest BCUT2D eigenvalue weighted by Crippen LogP contribution is -2.48. The number of nitrogens with zero attached hydrogens (tertiary/aromatic N) is 2. The van der Waals surface area contributed by atoms with Crippen molar-refractivity contribution >= 4 is 23.7 Å². The number of carbonyl (C=O) groups excluding carboxylic acids is 1. The van der Waals surface area contributed by atoms with Crippen LogP contribution >= 0.6 is 11.6 Å². The molecule has 1 aromatic rings. The van der Waals surface area contributed by atoms with Gasteiger partial charge in [-0.15, -0.1) is 0 Å². The normalized spacial score (nSPS) is 15.5.